The highest BCUT2D eigenvalue weighted by atomic mass is 16.5. The van der Waals surface area contributed by atoms with E-state index in [1.165, 1.54) is 21.3 Å². The van der Waals surface area contributed by atoms with Crippen molar-refractivity contribution >= 4 is 34.0 Å². The minimum Gasteiger partial charge on any atom is -0.493 e. The lowest BCUT2D eigenvalue weighted by Crippen LogP contribution is -2.00. The van der Waals surface area contributed by atoms with Crippen molar-refractivity contribution < 1.29 is 38.7 Å². The second kappa shape index (κ2) is 8.81. The van der Waals surface area contributed by atoms with Crippen molar-refractivity contribution in [1.82, 2.24) is 0 Å². The number of hydrogen-bond donors (Lipinski definition) is 2. The number of carbonyl (C=O) groups is 2. The van der Waals surface area contributed by atoms with Gasteiger partial charge in [-0.2, -0.15) is 0 Å². The lowest BCUT2D eigenvalue weighted by Gasteiger charge is -2.15. The SMILES string of the molecule is COc1cc2cc(C(=O)O)c3cc(OC)c(OC)cc3c2cc1OC.O=CO. The smallest absolute Gasteiger partial charge is 0.336 e. The molecular formula is C20H20O8. The number of fused-ring (bicyclic) bond motifs is 3. The number of aromatic carboxylic acids is 1. The normalized spacial score (nSPS) is 10.0. The zero-order valence-corrected chi connectivity index (χ0v) is 15.8. The van der Waals surface area contributed by atoms with Gasteiger partial charge in [-0.1, -0.05) is 0 Å². The molecule has 0 aliphatic heterocycles. The molecule has 28 heavy (non-hydrogen) atoms. The van der Waals surface area contributed by atoms with Crippen molar-refractivity contribution in [3.05, 3.63) is 35.9 Å². The predicted octanol–water partition coefficient (Wildman–Crippen LogP) is 3.43. The second-order valence-corrected chi connectivity index (χ2v) is 5.52. The molecule has 0 bridgehead atoms. The maximum Gasteiger partial charge on any atom is 0.336 e. The molecule has 0 heterocycles. The molecule has 0 aromatic heterocycles. The van der Waals surface area contributed by atoms with Crippen molar-refractivity contribution in [3.8, 4) is 23.0 Å². The van der Waals surface area contributed by atoms with Crippen LogP contribution in [-0.2, 0) is 4.79 Å². The second-order valence-electron chi connectivity index (χ2n) is 5.52. The van der Waals surface area contributed by atoms with Crippen molar-refractivity contribution in [3.63, 3.8) is 0 Å². The molecule has 0 spiro atoms. The molecule has 0 radical (unpaired) electrons. The van der Waals surface area contributed by atoms with Crippen LogP contribution in [0.1, 0.15) is 10.4 Å². The molecule has 2 N–H and O–H groups in total. The third kappa shape index (κ3) is 3.71. The lowest BCUT2D eigenvalue weighted by atomic mass is 9.96. The van der Waals surface area contributed by atoms with E-state index in [0.717, 1.165) is 16.2 Å². The molecule has 8 heteroatoms. The number of rotatable bonds is 5. The first-order valence-electron chi connectivity index (χ1n) is 8.01. The van der Waals surface area contributed by atoms with Crippen LogP contribution in [0, 0.1) is 0 Å². The Balaban J connectivity index is 0.000000878. The molecule has 0 fully saturated rings. The Morgan fingerprint density at radius 2 is 1.14 bits per heavy atom. The molecule has 0 aliphatic rings. The van der Waals surface area contributed by atoms with E-state index < -0.39 is 5.97 Å². The summed E-state index contributed by atoms with van der Waals surface area (Å²) in [6, 6.07) is 8.65. The number of benzene rings is 3. The molecule has 0 unspecified atom stereocenters. The van der Waals surface area contributed by atoms with Crippen molar-refractivity contribution in [2.75, 3.05) is 28.4 Å². The summed E-state index contributed by atoms with van der Waals surface area (Å²) in [5.41, 5.74) is 0.177. The summed E-state index contributed by atoms with van der Waals surface area (Å²) in [6.07, 6.45) is 0. The third-order valence-corrected chi connectivity index (χ3v) is 4.19. The van der Waals surface area contributed by atoms with Crippen LogP contribution in [0.4, 0.5) is 0 Å². The fourth-order valence-corrected chi connectivity index (χ4v) is 2.98. The van der Waals surface area contributed by atoms with Gasteiger partial charge in [0.05, 0.1) is 34.0 Å². The molecule has 0 atom stereocenters. The Kier molecular flexibility index (Phi) is 6.49. The van der Waals surface area contributed by atoms with E-state index in [2.05, 4.69) is 0 Å². The molecule has 3 rings (SSSR count). The first kappa shape index (κ1) is 20.6. The fourth-order valence-electron chi connectivity index (χ4n) is 2.98. The van der Waals surface area contributed by atoms with E-state index in [-0.39, 0.29) is 12.0 Å². The highest BCUT2D eigenvalue weighted by Gasteiger charge is 2.18. The van der Waals surface area contributed by atoms with Crippen LogP contribution in [0.25, 0.3) is 21.5 Å². The Bertz CT molecular complexity index is 1030. The molecular weight excluding hydrogens is 368 g/mol. The summed E-state index contributed by atoms with van der Waals surface area (Å²) in [5, 5.41) is 19.4. The summed E-state index contributed by atoms with van der Waals surface area (Å²) >= 11 is 0. The Morgan fingerprint density at radius 3 is 1.57 bits per heavy atom. The molecule has 0 amide bonds. The number of methoxy groups -OCH3 is 4. The Labute approximate surface area is 160 Å². The van der Waals surface area contributed by atoms with Gasteiger partial charge in [0.2, 0.25) is 0 Å². The average molecular weight is 388 g/mol. The first-order valence-corrected chi connectivity index (χ1v) is 8.01. The molecule has 3 aromatic rings. The van der Waals surface area contributed by atoms with Gasteiger partial charge in [-0.3, -0.25) is 4.79 Å². The van der Waals surface area contributed by atoms with E-state index in [0.29, 0.717) is 28.4 Å². The minimum absolute atomic E-state index is 0.177. The van der Waals surface area contributed by atoms with Crippen LogP contribution in [0.5, 0.6) is 23.0 Å². The first-order chi connectivity index (χ1) is 13.4. The maximum absolute atomic E-state index is 11.8. The van der Waals surface area contributed by atoms with E-state index >= 15 is 0 Å². The zero-order valence-electron chi connectivity index (χ0n) is 15.8. The monoisotopic (exact) mass is 388 g/mol. The molecule has 8 nitrogen and oxygen atoms in total. The van der Waals surface area contributed by atoms with Gasteiger partial charge in [0.15, 0.2) is 23.0 Å². The van der Waals surface area contributed by atoms with E-state index in [4.69, 9.17) is 28.8 Å². The van der Waals surface area contributed by atoms with Gasteiger partial charge >= 0.3 is 5.97 Å². The predicted molar refractivity (Wildman–Crippen MR) is 103 cm³/mol. The summed E-state index contributed by atoms with van der Waals surface area (Å²) < 4.78 is 21.4. The van der Waals surface area contributed by atoms with E-state index in [9.17, 15) is 9.90 Å². The third-order valence-electron chi connectivity index (χ3n) is 4.19. The van der Waals surface area contributed by atoms with Crippen LogP contribution < -0.4 is 18.9 Å². The molecule has 0 saturated carbocycles. The fraction of sp³-hybridized carbons (Fsp3) is 0.200. The molecule has 148 valence electrons. The van der Waals surface area contributed by atoms with E-state index in [1.54, 1.807) is 31.4 Å². The quantitative estimate of drug-likeness (QED) is 0.505. The summed E-state index contributed by atoms with van der Waals surface area (Å²) in [5.74, 6) is 1.07. The maximum atomic E-state index is 11.8. The standard InChI is InChI=1S/C19H18O6.CH2O2/c1-22-15-6-10-5-14(19(20)21)13-9-18(25-4)17(24-3)8-12(13)11(10)7-16(15)23-2;2-1-3/h5-9H,1-4H3,(H,20,21);1H,(H,2,3). The Hall–Kier alpha value is -3.68. The largest absolute Gasteiger partial charge is 0.493 e. The summed E-state index contributed by atoms with van der Waals surface area (Å²) in [4.78, 5) is 20.1. The summed E-state index contributed by atoms with van der Waals surface area (Å²) in [6.45, 7) is -0.250. The topological polar surface area (TPSA) is 112 Å². The highest BCUT2D eigenvalue weighted by Crippen LogP contribution is 2.41. The van der Waals surface area contributed by atoms with Crippen LogP contribution in [0.2, 0.25) is 0 Å². The van der Waals surface area contributed by atoms with Crippen molar-refractivity contribution in [2.45, 2.75) is 0 Å². The number of ether oxygens (including phenoxy) is 4. The van der Waals surface area contributed by atoms with Gasteiger partial charge in [-0.15, -0.1) is 0 Å². The van der Waals surface area contributed by atoms with Crippen LogP contribution >= 0.6 is 0 Å². The molecule has 0 saturated heterocycles. The number of hydrogen-bond acceptors (Lipinski definition) is 6. The Morgan fingerprint density at radius 1 is 0.750 bits per heavy atom. The van der Waals surface area contributed by atoms with Crippen molar-refractivity contribution in [2.24, 2.45) is 0 Å². The molecule has 3 aromatic carbocycles. The van der Waals surface area contributed by atoms with Gasteiger partial charge in [-0.25, -0.2) is 4.79 Å². The van der Waals surface area contributed by atoms with Gasteiger partial charge < -0.3 is 29.2 Å². The van der Waals surface area contributed by atoms with Gasteiger partial charge in [-0.05, 0) is 46.5 Å². The molecule has 0 aliphatic carbocycles. The van der Waals surface area contributed by atoms with Gasteiger partial charge in [0.25, 0.3) is 6.47 Å². The van der Waals surface area contributed by atoms with Crippen LogP contribution in [-0.4, -0.2) is 51.1 Å². The van der Waals surface area contributed by atoms with Crippen LogP contribution in [0.3, 0.4) is 0 Å². The van der Waals surface area contributed by atoms with E-state index in [1.807, 2.05) is 6.07 Å². The lowest BCUT2D eigenvalue weighted by molar-refractivity contribution is -0.122. The van der Waals surface area contributed by atoms with Crippen molar-refractivity contribution in [1.29, 1.82) is 0 Å². The minimum atomic E-state index is -1.02. The van der Waals surface area contributed by atoms with Gasteiger partial charge in [0, 0.05) is 5.39 Å². The average Bonchev–Trinajstić information content (AvgIpc) is 2.71. The zero-order chi connectivity index (χ0) is 20.8. The highest BCUT2D eigenvalue weighted by molar-refractivity contribution is 6.17. The number of carboxylic acid groups (broad SMARTS) is 2. The summed E-state index contributed by atoms with van der Waals surface area (Å²) in [7, 11) is 6.15. The van der Waals surface area contributed by atoms with Gasteiger partial charge in [0.1, 0.15) is 0 Å². The van der Waals surface area contributed by atoms with Crippen LogP contribution in [0.15, 0.2) is 30.3 Å². The number of carboxylic acids is 1.